The Kier molecular flexibility index (Phi) is 3.11. The van der Waals surface area contributed by atoms with Gasteiger partial charge in [0.1, 0.15) is 16.5 Å². The van der Waals surface area contributed by atoms with Gasteiger partial charge in [-0.2, -0.15) is 0 Å². The zero-order chi connectivity index (χ0) is 13.6. The Morgan fingerprint density at radius 1 is 1.44 bits per heavy atom. The number of rotatable bonds is 4. The minimum Gasteiger partial charge on any atom is -0.495 e. The fourth-order valence-electron chi connectivity index (χ4n) is 1.98. The van der Waals surface area contributed by atoms with Crippen LogP contribution in [0.25, 0.3) is 0 Å². The Bertz CT molecular complexity index is 579. The van der Waals surface area contributed by atoms with Crippen LogP contribution >= 0.6 is 0 Å². The number of benzene rings is 1. The molecule has 2 rings (SSSR count). The molecule has 0 aliphatic heterocycles. The monoisotopic (exact) mass is 273 g/mol. The van der Waals surface area contributed by atoms with Crippen LogP contribution < -0.4 is 10.5 Å². The third-order valence-electron chi connectivity index (χ3n) is 3.11. The molecule has 1 fully saturated rings. The molecule has 0 radical (unpaired) electrons. The summed E-state index contributed by atoms with van der Waals surface area (Å²) in [5.74, 6) is -0.743. The SMILES string of the molecule is COc1cc(CC2(N)CC2)cc(F)c1S(C)(=O)=O. The topological polar surface area (TPSA) is 69.4 Å². The fraction of sp³-hybridized carbons (Fsp3) is 0.500. The quantitative estimate of drug-likeness (QED) is 0.897. The Morgan fingerprint density at radius 2 is 2.06 bits per heavy atom. The molecule has 0 amide bonds. The lowest BCUT2D eigenvalue weighted by atomic mass is 10.0. The molecular weight excluding hydrogens is 257 g/mol. The summed E-state index contributed by atoms with van der Waals surface area (Å²) < 4.78 is 41.9. The van der Waals surface area contributed by atoms with E-state index in [1.165, 1.54) is 13.2 Å². The summed E-state index contributed by atoms with van der Waals surface area (Å²) in [5, 5.41) is 0. The molecule has 2 N–H and O–H groups in total. The molecule has 1 aliphatic carbocycles. The third-order valence-corrected chi connectivity index (χ3v) is 4.25. The second kappa shape index (κ2) is 4.20. The Labute approximate surface area is 106 Å². The van der Waals surface area contributed by atoms with Crippen molar-refractivity contribution in [3.63, 3.8) is 0 Å². The van der Waals surface area contributed by atoms with Crippen LogP contribution in [0.3, 0.4) is 0 Å². The molecular formula is C12H16FNO3S. The van der Waals surface area contributed by atoms with Crippen molar-refractivity contribution >= 4 is 9.84 Å². The molecule has 0 bridgehead atoms. The van der Waals surface area contributed by atoms with Crippen LogP contribution in [0.4, 0.5) is 4.39 Å². The zero-order valence-electron chi connectivity index (χ0n) is 10.4. The van der Waals surface area contributed by atoms with Gasteiger partial charge in [-0.25, -0.2) is 12.8 Å². The maximum atomic E-state index is 13.9. The van der Waals surface area contributed by atoms with Gasteiger partial charge in [0.25, 0.3) is 0 Å². The van der Waals surface area contributed by atoms with Gasteiger partial charge in [0.15, 0.2) is 9.84 Å². The molecule has 0 saturated heterocycles. The van der Waals surface area contributed by atoms with E-state index in [0.717, 1.165) is 19.1 Å². The van der Waals surface area contributed by atoms with Gasteiger partial charge in [0, 0.05) is 11.8 Å². The summed E-state index contributed by atoms with van der Waals surface area (Å²) >= 11 is 0. The molecule has 0 spiro atoms. The van der Waals surface area contributed by atoms with E-state index in [1.54, 1.807) is 6.07 Å². The normalized spacial score (nSPS) is 17.6. The first kappa shape index (κ1) is 13.3. The highest BCUT2D eigenvalue weighted by atomic mass is 32.2. The van der Waals surface area contributed by atoms with Crippen molar-refractivity contribution < 1.29 is 17.5 Å². The van der Waals surface area contributed by atoms with Crippen LogP contribution in [-0.4, -0.2) is 27.3 Å². The van der Waals surface area contributed by atoms with Crippen LogP contribution in [0.5, 0.6) is 5.75 Å². The van der Waals surface area contributed by atoms with Crippen LogP contribution in [0.15, 0.2) is 17.0 Å². The number of hydrogen-bond donors (Lipinski definition) is 1. The fourth-order valence-corrected chi connectivity index (χ4v) is 2.90. The van der Waals surface area contributed by atoms with Crippen molar-refractivity contribution in [2.75, 3.05) is 13.4 Å². The van der Waals surface area contributed by atoms with Crippen molar-refractivity contribution in [2.24, 2.45) is 5.73 Å². The summed E-state index contributed by atoms with van der Waals surface area (Å²) in [6.45, 7) is 0. The lowest BCUT2D eigenvalue weighted by Gasteiger charge is -2.13. The molecule has 6 heteroatoms. The minimum absolute atomic E-state index is 0.0387. The zero-order valence-corrected chi connectivity index (χ0v) is 11.2. The van der Waals surface area contributed by atoms with E-state index in [1.807, 2.05) is 0 Å². The van der Waals surface area contributed by atoms with Crippen molar-refractivity contribution in [3.8, 4) is 5.75 Å². The second-order valence-corrected chi connectivity index (χ2v) is 6.87. The minimum atomic E-state index is -3.65. The lowest BCUT2D eigenvalue weighted by Crippen LogP contribution is -2.24. The predicted molar refractivity (Wildman–Crippen MR) is 65.9 cm³/mol. The number of halogens is 1. The molecule has 18 heavy (non-hydrogen) atoms. The van der Waals surface area contributed by atoms with E-state index in [9.17, 15) is 12.8 Å². The molecule has 0 heterocycles. The van der Waals surface area contributed by atoms with Gasteiger partial charge in [0.2, 0.25) is 0 Å². The van der Waals surface area contributed by atoms with Gasteiger partial charge >= 0.3 is 0 Å². The standard InChI is InChI=1S/C12H16FNO3S/c1-17-10-6-8(7-12(14)3-4-12)5-9(13)11(10)18(2,15)16/h5-6H,3-4,7,14H2,1-2H3. The average molecular weight is 273 g/mol. The van der Waals surface area contributed by atoms with Gasteiger partial charge in [-0.15, -0.1) is 0 Å². The van der Waals surface area contributed by atoms with Gasteiger partial charge in [-0.1, -0.05) is 0 Å². The molecule has 1 aromatic carbocycles. The van der Waals surface area contributed by atoms with E-state index >= 15 is 0 Å². The van der Waals surface area contributed by atoms with Crippen LogP contribution in [0.2, 0.25) is 0 Å². The first-order chi connectivity index (χ1) is 8.25. The maximum Gasteiger partial charge on any atom is 0.182 e. The molecule has 1 saturated carbocycles. The highest BCUT2D eigenvalue weighted by Crippen LogP contribution is 2.37. The number of ether oxygens (including phenoxy) is 1. The second-order valence-electron chi connectivity index (χ2n) is 4.92. The van der Waals surface area contributed by atoms with E-state index < -0.39 is 20.5 Å². The van der Waals surface area contributed by atoms with Crippen molar-refractivity contribution in [1.82, 2.24) is 0 Å². The highest BCUT2D eigenvalue weighted by molar-refractivity contribution is 7.90. The number of methoxy groups -OCH3 is 1. The van der Waals surface area contributed by atoms with E-state index in [0.29, 0.717) is 12.0 Å². The first-order valence-corrected chi connectivity index (χ1v) is 7.50. The van der Waals surface area contributed by atoms with Crippen molar-refractivity contribution in [2.45, 2.75) is 29.7 Å². The lowest BCUT2D eigenvalue weighted by molar-refractivity contribution is 0.394. The molecule has 1 aliphatic rings. The molecule has 0 unspecified atom stereocenters. The highest BCUT2D eigenvalue weighted by Gasteiger charge is 2.38. The van der Waals surface area contributed by atoms with Crippen molar-refractivity contribution in [1.29, 1.82) is 0 Å². The van der Waals surface area contributed by atoms with E-state index in [-0.39, 0.29) is 11.3 Å². The number of hydrogen-bond acceptors (Lipinski definition) is 4. The van der Waals surface area contributed by atoms with E-state index in [4.69, 9.17) is 10.5 Å². The van der Waals surface area contributed by atoms with Crippen LogP contribution in [0.1, 0.15) is 18.4 Å². The molecule has 4 nitrogen and oxygen atoms in total. The predicted octanol–water partition coefficient (Wildman–Crippen LogP) is 1.27. The summed E-state index contributed by atoms with van der Waals surface area (Å²) in [6, 6.07) is 2.78. The third kappa shape index (κ3) is 2.64. The molecule has 0 atom stereocenters. The number of nitrogens with two attached hydrogens (primary N) is 1. The van der Waals surface area contributed by atoms with Gasteiger partial charge in [-0.3, -0.25) is 0 Å². The molecule has 0 aromatic heterocycles. The average Bonchev–Trinajstić information content (AvgIpc) is 2.92. The Balaban J connectivity index is 2.46. The molecule has 100 valence electrons. The van der Waals surface area contributed by atoms with Gasteiger partial charge in [-0.05, 0) is 37.0 Å². The van der Waals surface area contributed by atoms with Gasteiger partial charge < -0.3 is 10.5 Å². The number of sulfone groups is 1. The largest absolute Gasteiger partial charge is 0.495 e. The molecule has 1 aromatic rings. The Morgan fingerprint density at radius 3 is 2.50 bits per heavy atom. The van der Waals surface area contributed by atoms with Crippen LogP contribution in [0, 0.1) is 5.82 Å². The smallest absolute Gasteiger partial charge is 0.182 e. The summed E-state index contributed by atoms with van der Waals surface area (Å²) in [5.41, 5.74) is 6.37. The Hall–Kier alpha value is -1.14. The van der Waals surface area contributed by atoms with Crippen molar-refractivity contribution in [3.05, 3.63) is 23.5 Å². The summed E-state index contributed by atoms with van der Waals surface area (Å²) in [6.07, 6.45) is 3.30. The van der Waals surface area contributed by atoms with Gasteiger partial charge in [0.05, 0.1) is 7.11 Å². The summed E-state index contributed by atoms with van der Waals surface area (Å²) in [7, 11) is -2.33. The van der Waals surface area contributed by atoms with E-state index in [2.05, 4.69) is 0 Å². The first-order valence-electron chi connectivity index (χ1n) is 5.60. The van der Waals surface area contributed by atoms with Crippen LogP contribution in [-0.2, 0) is 16.3 Å². The maximum absolute atomic E-state index is 13.9. The summed E-state index contributed by atoms with van der Waals surface area (Å²) in [4.78, 5) is -0.393.